The maximum atomic E-state index is 12.3. The van der Waals surface area contributed by atoms with E-state index in [1.54, 1.807) is 4.90 Å². The molecular formula is C14H23NO4. The molecule has 0 aromatic heterocycles. The predicted molar refractivity (Wildman–Crippen MR) is 69.9 cm³/mol. The van der Waals surface area contributed by atoms with E-state index in [1.165, 1.54) is 0 Å². The van der Waals surface area contributed by atoms with E-state index in [1.807, 2.05) is 20.8 Å². The van der Waals surface area contributed by atoms with Crippen LogP contribution in [-0.2, 0) is 9.53 Å². The number of aliphatic carboxylic acids is 1. The fourth-order valence-electron chi connectivity index (χ4n) is 3.24. The van der Waals surface area contributed by atoms with Gasteiger partial charge in [-0.2, -0.15) is 0 Å². The lowest BCUT2D eigenvalue weighted by molar-refractivity contribution is -0.148. The topological polar surface area (TPSA) is 66.8 Å². The molecule has 19 heavy (non-hydrogen) atoms. The van der Waals surface area contributed by atoms with Crippen molar-refractivity contribution in [2.45, 2.75) is 70.6 Å². The minimum atomic E-state index is -0.793. The Kier molecular flexibility index (Phi) is 3.74. The summed E-state index contributed by atoms with van der Waals surface area (Å²) in [7, 11) is 0. The number of nitrogens with zero attached hydrogens (tertiary/aromatic N) is 1. The largest absolute Gasteiger partial charge is 0.481 e. The highest BCUT2D eigenvalue weighted by molar-refractivity contribution is 5.74. The number of rotatable bonds is 1. The number of carbonyl (C=O) groups is 2. The van der Waals surface area contributed by atoms with E-state index >= 15 is 0 Å². The highest BCUT2D eigenvalue weighted by atomic mass is 16.6. The lowest BCUT2D eigenvalue weighted by atomic mass is 9.78. The Bertz CT molecular complexity index is 374. The Hall–Kier alpha value is -1.26. The van der Waals surface area contributed by atoms with Crippen LogP contribution in [0.2, 0.25) is 0 Å². The van der Waals surface area contributed by atoms with E-state index in [9.17, 15) is 14.7 Å². The van der Waals surface area contributed by atoms with Crippen molar-refractivity contribution in [3.63, 3.8) is 0 Å². The van der Waals surface area contributed by atoms with E-state index in [2.05, 4.69) is 0 Å². The number of hydrogen-bond acceptors (Lipinski definition) is 3. The third-order valence-electron chi connectivity index (χ3n) is 3.98. The van der Waals surface area contributed by atoms with Crippen LogP contribution >= 0.6 is 0 Å². The van der Waals surface area contributed by atoms with E-state index in [0.29, 0.717) is 6.42 Å². The number of hydrogen-bond donors (Lipinski definition) is 1. The minimum absolute atomic E-state index is 0.157. The smallest absolute Gasteiger partial charge is 0.410 e. The fourth-order valence-corrected chi connectivity index (χ4v) is 3.24. The van der Waals surface area contributed by atoms with Crippen LogP contribution in [0.15, 0.2) is 0 Å². The van der Waals surface area contributed by atoms with E-state index < -0.39 is 17.5 Å². The van der Waals surface area contributed by atoms with Gasteiger partial charge >= 0.3 is 12.1 Å². The van der Waals surface area contributed by atoms with Gasteiger partial charge in [-0.05, 0) is 52.9 Å². The molecule has 2 fully saturated rings. The summed E-state index contributed by atoms with van der Waals surface area (Å²) in [6.07, 6.45) is 3.82. The second-order valence-corrected chi connectivity index (χ2v) is 6.56. The maximum absolute atomic E-state index is 12.3. The van der Waals surface area contributed by atoms with Gasteiger partial charge in [-0.25, -0.2) is 4.79 Å². The molecule has 2 heterocycles. The van der Waals surface area contributed by atoms with Crippen LogP contribution in [0, 0.1) is 5.92 Å². The minimum Gasteiger partial charge on any atom is -0.481 e. The van der Waals surface area contributed by atoms with Crippen molar-refractivity contribution in [3.8, 4) is 0 Å². The molecule has 3 atom stereocenters. The van der Waals surface area contributed by atoms with Gasteiger partial charge in [0.05, 0.1) is 5.92 Å². The molecular weight excluding hydrogens is 246 g/mol. The normalized spacial score (nSPS) is 30.9. The molecule has 2 aliphatic rings. The van der Waals surface area contributed by atoms with Gasteiger partial charge in [0, 0.05) is 12.1 Å². The van der Waals surface area contributed by atoms with Crippen LogP contribution in [0.4, 0.5) is 4.79 Å². The first-order valence-electron chi connectivity index (χ1n) is 7.04. The molecule has 0 spiro atoms. The summed E-state index contributed by atoms with van der Waals surface area (Å²) in [4.78, 5) is 25.3. The predicted octanol–water partition coefficient (Wildman–Crippen LogP) is 2.64. The van der Waals surface area contributed by atoms with Crippen molar-refractivity contribution in [1.82, 2.24) is 4.90 Å². The van der Waals surface area contributed by atoms with Gasteiger partial charge < -0.3 is 14.7 Å². The van der Waals surface area contributed by atoms with E-state index in [4.69, 9.17) is 4.74 Å². The van der Waals surface area contributed by atoms with Gasteiger partial charge in [0.15, 0.2) is 0 Å². The van der Waals surface area contributed by atoms with Crippen molar-refractivity contribution in [3.05, 3.63) is 0 Å². The first-order chi connectivity index (χ1) is 8.79. The van der Waals surface area contributed by atoms with Gasteiger partial charge in [0.1, 0.15) is 5.60 Å². The molecule has 1 amide bonds. The van der Waals surface area contributed by atoms with Crippen LogP contribution in [0.1, 0.15) is 52.9 Å². The third kappa shape index (κ3) is 3.01. The Morgan fingerprint density at radius 1 is 1.16 bits per heavy atom. The summed E-state index contributed by atoms with van der Waals surface area (Å²) in [5, 5.41) is 9.30. The number of amides is 1. The lowest BCUT2D eigenvalue weighted by Crippen LogP contribution is -2.58. The molecule has 2 rings (SSSR count). The zero-order valence-corrected chi connectivity index (χ0v) is 11.9. The quantitative estimate of drug-likeness (QED) is 0.794. The molecule has 1 N–H and O–H groups in total. The Balaban J connectivity index is 2.17. The van der Waals surface area contributed by atoms with Crippen LogP contribution in [-0.4, -0.2) is 39.8 Å². The van der Waals surface area contributed by atoms with Crippen molar-refractivity contribution in [1.29, 1.82) is 0 Å². The van der Waals surface area contributed by atoms with Gasteiger partial charge in [0.2, 0.25) is 0 Å². The van der Waals surface area contributed by atoms with Crippen molar-refractivity contribution < 1.29 is 19.4 Å². The average molecular weight is 269 g/mol. The van der Waals surface area contributed by atoms with Crippen molar-refractivity contribution in [2.75, 3.05) is 0 Å². The second kappa shape index (κ2) is 5.02. The van der Waals surface area contributed by atoms with E-state index in [-0.39, 0.29) is 18.2 Å². The lowest BCUT2D eigenvalue weighted by Gasteiger charge is -2.48. The van der Waals surface area contributed by atoms with Crippen LogP contribution in [0.5, 0.6) is 0 Å². The molecule has 108 valence electrons. The Labute approximate surface area is 113 Å². The van der Waals surface area contributed by atoms with E-state index in [0.717, 1.165) is 25.7 Å². The number of fused-ring (bicyclic) bond motifs is 2. The number of carbonyl (C=O) groups excluding carboxylic acids is 1. The molecule has 2 aliphatic heterocycles. The molecule has 0 aromatic rings. The second-order valence-electron chi connectivity index (χ2n) is 6.56. The first kappa shape index (κ1) is 14.2. The van der Waals surface area contributed by atoms with Gasteiger partial charge in [-0.1, -0.05) is 0 Å². The number of carboxylic acids is 1. The first-order valence-corrected chi connectivity index (χ1v) is 7.04. The fraction of sp³-hybridized carbons (Fsp3) is 0.857. The molecule has 2 bridgehead atoms. The van der Waals surface area contributed by atoms with Gasteiger partial charge in [-0.3, -0.25) is 4.79 Å². The number of ether oxygens (including phenoxy) is 1. The zero-order valence-electron chi connectivity index (χ0n) is 11.9. The van der Waals surface area contributed by atoms with Gasteiger partial charge in [-0.15, -0.1) is 0 Å². The summed E-state index contributed by atoms with van der Waals surface area (Å²) >= 11 is 0. The monoisotopic (exact) mass is 269 g/mol. The summed E-state index contributed by atoms with van der Waals surface area (Å²) in [5.41, 5.74) is -0.540. The zero-order chi connectivity index (χ0) is 14.2. The number of carboxylic acid groups (broad SMARTS) is 1. The van der Waals surface area contributed by atoms with Crippen LogP contribution in [0.3, 0.4) is 0 Å². The molecule has 0 unspecified atom stereocenters. The molecule has 0 aliphatic carbocycles. The summed E-state index contributed by atoms with van der Waals surface area (Å²) in [6, 6.07) is -0.0379. The standard InChI is InChI=1S/C14H23NO4/c1-14(2,3)19-13(18)15-9-5-4-6-11(15)10(8-7-9)12(16)17/h9-11H,4-8H2,1-3H3,(H,16,17)/t9-,10-,11+/m0/s1. The maximum Gasteiger partial charge on any atom is 0.410 e. The SMILES string of the molecule is CC(C)(C)OC(=O)N1[C@H]2CCC[C@@H]1[C@@H](C(=O)O)CC2. The molecule has 2 saturated heterocycles. The Morgan fingerprint density at radius 3 is 2.42 bits per heavy atom. The summed E-state index contributed by atoms with van der Waals surface area (Å²) in [5.74, 6) is -1.23. The molecule has 5 nitrogen and oxygen atoms in total. The van der Waals surface area contributed by atoms with Crippen molar-refractivity contribution >= 4 is 12.1 Å². The third-order valence-corrected chi connectivity index (χ3v) is 3.98. The number of piperidine rings is 2. The van der Waals surface area contributed by atoms with Gasteiger partial charge in [0.25, 0.3) is 0 Å². The Morgan fingerprint density at radius 2 is 1.84 bits per heavy atom. The molecule has 0 radical (unpaired) electrons. The molecule has 5 heteroatoms. The van der Waals surface area contributed by atoms with Crippen LogP contribution in [0.25, 0.3) is 0 Å². The van der Waals surface area contributed by atoms with Crippen molar-refractivity contribution in [2.24, 2.45) is 5.92 Å². The average Bonchev–Trinajstić information content (AvgIpc) is 2.25. The highest BCUT2D eigenvalue weighted by Gasteiger charge is 2.46. The summed E-state index contributed by atoms with van der Waals surface area (Å²) in [6.45, 7) is 5.50. The van der Waals surface area contributed by atoms with Crippen LogP contribution < -0.4 is 0 Å². The highest BCUT2D eigenvalue weighted by Crippen LogP contribution is 2.38. The summed E-state index contributed by atoms with van der Waals surface area (Å²) < 4.78 is 5.44. The molecule has 0 aromatic carbocycles. The molecule has 0 saturated carbocycles.